The molecule has 0 unspecified atom stereocenters. The van der Waals surface area contributed by atoms with Gasteiger partial charge in [-0.2, -0.15) is 13.2 Å². The van der Waals surface area contributed by atoms with Crippen molar-refractivity contribution < 1.29 is 41.8 Å². The van der Waals surface area contributed by atoms with E-state index in [4.69, 9.17) is 14.2 Å². The van der Waals surface area contributed by atoms with Crippen LogP contribution < -0.4 is 4.74 Å². The van der Waals surface area contributed by atoms with Gasteiger partial charge in [0.15, 0.2) is 5.78 Å². The van der Waals surface area contributed by atoms with Gasteiger partial charge in [-0.3, -0.25) is 9.59 Å². The Morgan fingerprint density at radius 1 is 0.925 bits per heavy atom. The Morgan fingerprint density at radius 3 is 2.38 bits per heavy atom. The van der Waals surface area contributed by atoms with Crippen LogP contribution in [0, 0.1) is 11.8 Å². The molecule has 1 aliphatic heterocycles. The first kappa shape index (κ1) is 27.4. The number of hydrogen-bond donors (Lipinski definition) is 0. The van der Waals surface area contributed by atoms with Gasteiger partial charge in [0, 0.05) is 24.7 Å². The Hall–Kier alpha value is -4.14. The molecule has 0 bridgehead atoms. The zero-order chi connectivity index (χ0) is 28.3. The molecule has 40 heavy (non-hydrogen) atoms. The zero-order valence-electron chi connectivity index (χ0n) is 21.4. The Labute approximate surface area is 229 Å². The molecule has 6 nitrogen and oxygen atoms in total. The number of esters is 2. The minimum Gasteiger partial charge on any atom is -0.486 e. The second kappa shape index (κ2) is 11.5. The highest BCUT2D eigenvalue weighted by Gasteiger charge is 2.51. The van der Waals surface area contributed by atoms with Crippen molar-refractivity contribution in [2.24, 2.45) is 11.8 Å². The van der Waals surface area contributed by atoms with Gasteiger partial charge in [-0.15, -0.1) is 0 Å². The summed E-state index contributed by atoms with van der Waals surface area (Å²) in [6.45, 7) is -0.393. The lowest BCUT2D eigenvalue weighted by atomic mass is 9.87. The summed E-state index contributed by atoms with van der Waals surface area (Å²) in [4.78, 5) is 37.4. The van der Waals surface area contributed by atoms with Crippen LogP contribution in [0.25, 0.3) is 11.1 Å². The molecule has 5 rings (SSSR count). The Morgan fingerprint density at radius 2 is 1.65 bits per heavy atom. The molecule has 1 heterocycles. The summed E-state index contributed by atoms with van der Waals surface area (Å²) in [6.07, 6.45) is -4.52. The van der Waals surface area contributed by atoms with Gasteiger partial charge in [-0.1, -0.05) is 48.5 Å². The van der Waals surface area contributed by atoms with Crippen molar-refractivity contribution in [2.45, 2.75) is 44.1 Å². The molecular formula is C31H27F3O6. The highest BCUT2D eigenvalue weighted by atomic mass is 19.4. The maximum Gasteiger partial charge on any atom is 0.416 e. The van der Waals surface area contributed by atoms with Crippen molar-refractivity contribution in [3.8, 4) is 16.9 Å². The molecule has 0 aromatic heterocycles. The van der Waals surface area contributed by atoms with Crippen LogP contribution in [-0.2, 0) is 25.2 Å². The summed E-state index contributed by atoms with van der Waals surface area (Å²) in [5.74, 6) is -1.64. The van der Waals surface area contributed by atoms with Gasteiger partial charge in [-0.05, 0) is 47.9 Å². The largest absolute Gasteiger partial charge is 0.486 e. The maximum atomic E-state index is 13.0. The predicted molar refractivity (Wildman–Crippen MR) is 138 cm³/mol. The summed E-state index contributed by atoms with van der Waals surface area (Å²) in [5, 5.41) is 0. The van der Waals surface area contributed by atoms with Gasteiger partial charge in [0.05, 0.1) is 17.5 Å². The smallest absolute Gasteiger partial charge is 0.416 e. The van der Waals surface area contributed by atoms with Gasteiger partial charge in [-0.25, -0.2) is 4.79 Å². The summed E-state index contributed by atoms with van der Waals surface area (Å²) in [5.41, 5.74) is 1.51. The van der Waals surface area contributed by atoms with Crippen molar-refractivity contribution in [1.29, 1.82) is 0 Å². The zero-order valence-corrected chi connectivity index (χ0v) is 21.4. The van der Waals surface area contributed by atoms with Gasteiger partial charge < -0.3 is 14.2 Å². The lowest BCUT2D eigenvalue weighted by Crippen LogP contribution is -2.27. The third-order valence-corrected chi connectivity index (χ3v) is 7.46. The molecule has 0 spiro atoms. The fourth-order valence-electron chi connectivity index (χ4n) is 5.45. The molecular weight excluding hydrogens is 525 g/mol. The van der Waals surface area contributed by atoms with Crippen molar-refractivity contribution in [1.82, 2.24) is 0 Å². The molecule has 1 saturated carbocycles. The number of alkyl halides is 3. The van der Waals surface area contributed by atoms with Crippen LogP contribution >= 0.6 is 0 Å². The molecule has 208 valence electrons. The second-order valence-electron chi connectivity index (χ2n) is 10.1. The molecule has 0 radical (unpaired) electrons. The van der Waals surface area contributed by atoms with Gasteiger partial charge in [0.2, 0.25) is 0 Å². The average molecular weight is 553 g/mol. The lowest BCUT2D eigenvalue weighted by Gasteiger charge is -2.23. The number of fused-ring (bicyclic) bond motifs is 1. The van der Waals surface area contributed by atoms with E-state index in [9.17, 15) is 27.6 Å². The van der Waals surface area contributed by atoms with Crippen molar-refractivity contribution in [3.05, 3.63) is 90.0 Å². The summed E-state index contributed by atoms with van der Waals surface area (Å²) in [6, 6.07) is 21.2. The molecule has 2 aliphatic rings. The standard InChI is InChI=1S/C31H27F3O6/c32-31(33,34)22-7-4-8-24(15-22)38-18-23(35)13-14-25-26-16-29(36)39-28(26)17-27(25)40-30(37)21-11-9-20(10-12-21)19-5-2-1-3-6-19/h1-12,15,25-28H,13-14,16-18H2/t25-,26-,27-,28+/m1/s1. The van der Waals surface area contributed by atoms with E-state index in [0.29, 0.717) is 18.4 Å². The molecule has 1 saturated heterocycles. The maximum absolute atomic E-state index is 13.0. The van der Waals surface area contributed by atoms with E-state index in [1.165, 1.54) is 12.1 Å². The number of ether oxygens (including phenoxy) is 3. The molecule has 9 heteroatoms. The minimum absolute atomic E-state index is 0.0519. The fraction of sp³-hybridized carbons (Fsp3) is 0.323. The van der Waals surface area contributed by atoms with Crippen molar-refractivity contribution in [3.63, 3.8) is 0 Å². The molecule has 4 atom stereocenters. The Balaban J connectivity index is 1.19. The average Bonchev–Trinajstić information content (AvgIpc) is 3.46. The Kier molecular flexibility index (Phi) is 7.91. The first-order chi connectivity index (χ1) is 19.2. The fourth-order valence-corrected chi connectivity index (χ4v) is 5.45. The first-order valence-corrected chi connectivity index (χ1v) is 13.0. The van der Waals surface area contributed by atoms with E-state index in [2.05, 4.69) is 0 Å². The molecule has 1 aliphatic carbocycles. The van der Waals surface area contributed by atoms with E-state index in [1.807, 2.05) is 42.5 Å². The van der Waals surface area contributed by atoms with Gasteiger partial charge in [0.25, 0.3) is 0 Å². The third kappa shape index (κ3) is 6.35. The topological polar surface area (TPSA) is 78.9 Å². The summed E-state index contributed by atoms with van der Waals surface area (Å²) < 4.78 is 55.3. The lowest BCUT2D eigenvalue weighted by molar-refractivity contribution is -0.142. The minimum atomic E-state index is -4.51. The second-order valence-corrected chi connectivity index (χ2v) is 10.1. The van der Waals surface area contributed by atoms with E-state index < -0.39 is 30.4 Å². The van der Waals surface area contributed by atoms with E-state index >= 15 is 0 Å². The third-order valence-electron chi connectivity index (χ3n) is 7.46. The van der Waals surface area contributed by atoms with Gasteiger partial charge in [0.1, 0.15) is 24.6 Å². The van der Waals surface area contributed by atoms with Crippen LogP contribution in [0.2, 0.25) is 0 Å². The number of rotatable bonds is 9. The highest BCUT2D eigenvalue weighted by molar-refractivity contribution is 5.90. The van der Waals surface area contributed by atoms with Gasteiger partial charge >= 0.3 is 18.1 Å². The number of hydrogen-bond acceptors (Lipinski definition) is 6. The van der Waals surface area contributed by atoms with E-state index in [0.717, 1.165) is 23.3 Å². The SMILES string of the molecule is O=C(CC[C@@H]1[C@H]2CC(=O)O[C@H]2C[C@H]1OC(=O)c1ccc(-c2ccccc2)cc1)COc1cccc(C(F)(F)F)c1. The monoisotopic (exact) mass is 552 g/mol. The van der Waals surface area contributed by atoms with Crippen LogP contribution in [0.15, 0.2) is 78.9 Å². The number of carbonyl (C=O) groups is 3. The molecule has 0 amide bonds. The molecule has 2 fully saturated rings. The van der Waals surface area contributed by atoms with E-state index in [-0.39, 0.29) is 48.3 Å². The molecule has 0 N–H and O–H groups in total. The number of benzene rings is 3. The first-order valence-electron chi connectivity index (χ1n) is 13.0. The number of Topliss-reactive ketones (excluding diaryl/α,β-unsaturated/α-hetero) is 1. The van der Waals surface area contributed by atoms with Crippen molar-refractivity contribution >= 4 is 17.7 Å². The van der Waals surface area contributed by atoms with Crippen LogP contribution in [0.4, 0.5) is 13.2 Å². The highest BCUT2D eigenvalue weighted by Crippen LogP contribution is 2.45. The normalized spacial score (nSPS) is 21.9. The van der Waals surface area contributed by atoms with Crippen LogP contribution in [0.3, 0.4) is 0 Å². The van der Waals surface area contributed by atoms with Crippen LogP contribution in [0.5, 0.6) is 5.75 Å². The number of carbonyl (C=O) groups excluding carboxylic acids is 3. The van der Waals surface area contributed by atoms with Crippen molar-refractivity contribution in [2.75, 3.05) is 6.61 Å². The quantitative estimate of drug-likeness (QED) is 0.291. The van der Waals surface area contributed by atoms with E-state index in [1.54, 1.807) is 12.1 Å². The molecule has 3 aromatic carbocycles. The number of ketones is 1. The summed E-state index contributed by atoms with van der Waals surface area (Å²) in [7, 11) is 0. The Bertz CT molecular complexity index is 1370. The molecule has 3 aromatic rings. The van der Waals surface area contributed by atoms with Crippen LogP contribution in [-0.4, -0.2) is 36.5 Å². The number of halogens is 3. The predicted octanol–water partition coefficient (Wildman–Crippen LogP) is 6.28. The van der Waals surface area contributed by atoms with Crippen LogP contribution in [0.1, 0.15) is 41.6 Å². The summed E-state index contributed by atoms with van der Waals surface area (Å²) >= 11 is 0.